The van der Waals surface area contributed by atoms with Crippen molar-refractivity contribution >= 4 is 11.8 Å². The number of nitrogens with zero attached hydrogens (tertiary/aromatic N) is 3. The van der Waals surface area contributed by atoms with Crippen molar-refractivity contribution in [2.75, 3.05) is 38.8 Å². The number of ether oxygens (including phenoxy) is 2. The van der Waals surface area contributed by atoms with Gasteiger partial charge in [0.1, 0.15) is 11.4 Å². The highest BCUT2D eigenvalue weighted by Gasteiger charge is 2.30. The smallest absolute Gasteiger partial charge is 0.254 e. The summed E-state index contributed by atoms with van der Waals surface area (Å²) in [4.78, 5) is 17.6. The van der Waals surface area contributed by atoms with E-state index >= 15 is 0 Å². The van der Waals surface area contributed by atoms with Crippen molar-refractivity contribution in [1.29, 1.82) is 0 Å². The maximum Gasteiger partial charge on any atom is 0.254 e. The predicted molar refractivity (Wildman–Crippen MR) is 132 cm³/mol. The molecule has 7 nitrogen and oxygen atoms in total. The van der Waals surface area contributed by atoms with Gasteiger partial charge in [-0.2, -0.15) is 0 Å². The first-order valence-corrected chi connectivity index (χ1v) is 11.8. The lowest BCUT2D eigenvalue weighted by Crippen LogP contribution is -2.39. The van der Waals surface area contributed by atoms with E-state index in [0.29, 0.717) is 37.1 Å². The minimum atomic E-state index is -0.0717. The lowest BCUT2D eigenvalue weighted by molar-refractivity contribution is 0.0680. The third kappa shape index (κ3) is 5.25. The average molecular weight is 464 g/mol. The van der Waals surface area contributed by atoms with Crippen LogP contribution in [0.3, 0.4) is 0 Å². The summed E-state index contributed by atoms with van der Waals surface area (Å²) in [5, 5.41) is 4.48. The van der Waals surface area contributed by atoms with Crippen molar-refractivity contribution in [3.05, 3.63) is 65.7 Å². The zero-order valence-electron chi connectivity index (χ0n) is 20.2. The van der Waals surface area contributed by atoms with Crippen LogP contribution in [0.4, 0.5) is 5.88 Å². The number of rotatable bonds is 9. The van der Waals surface area contributed by atoms with Crippen molar-refractivity contribution < 1.29 is 18.8 Å². The Balaban J connectivity index is 1.71. The first kappa shape index (κ1) is 23.8. The molecule has 1 aliphatic rings. The molecule has 0 unspecified atom stereocenters. The molecular formula is C27H33N3O4. The predicted octanol–water partition coefficient (Wildman–Crippen LogP) is 5.02. The van der Waals surface area contributed by atoms with Crippen molar-refractivity contribution in [2.45, 2.75) is 38.8 Å². The van der Waals surface area contributed by atoms with E-state index in [0.717, 1.165) is 42.1 Å². The highest BCUT2D eigenvalue weighted by Crippen LogP contribution is 2.35. The Morgan fingerprint density at radius 1 is 1.12 bits per heavy atom. The van der Waals surface area contributed by atoms with E-state index in [1.807, 2.05) is 35.2 Å². The van der Waals surface area contributed by atoms with E-state index < -0.39 is 0 Å². The number of anilines is 1. The molecule has 1 saturated heterocycles. The van der Waals surface area contributed by atoms with Gasteiger partial charge >= 0.3 is 0 Å². The van der Waals surface area contributed by atoms with E-state index in [9.17, 15) is 4.79 Å². The summed E-state index contributed by atoms with van der Waals surface area (Å²) < 4.78 is 16.5. The molecule has 34 heavy (non-hydrogen) atoms. The van der Waals surface area contributed by atoms with E-state index in [1.165, 1.54) is 6.42 Å². The van der Waals surface area contributed by atoms with Gasteiger partial charge in [-0.3, -0.25) is 4.79 Å². The molecule has 1 atom stereocenters. The second-order valence-corrected chi connectivity index (χ2v) is 8.67. The summed E-state index contributed by atoms with van der Waals surface area (Å²) in [6, 6.07) is 17.5. The molecule has 180 valence electrons. The number of piperidine rings is 1. The molecule has 2 heterocycles. The highest BCUT2D eigenvalue weighted by atomic mass is 16.5. The molecule has 0 N–H and O–H groups in total. The monoisotopic (exact) mass is 463 g/mol. The fraction of sp³-hybridized carbons (Fsp3) is 0.407. The van der Waals surface area contributed by atoms with Crippen LogP contribution in [0.25, 0.3) is 11.3 Å². The molecule has 1 amide bonds. The standard InChI is InChI=1S/C27H33N3O4/c1-20-9-7-8-16-30(20)27-24(25(28-34-27)21-10-5-4-6-11-21)19-29(17-18-32-2)26(31)22-12-14-23(33-3)15-13-22/h4-6,10-15,20H,7-9,16-19H2,1-3H3/t20-/m1/s1. The quantitative estimate of drug-likeness (QED) is 0.444. The van der Waals surface area contributed by atoms with Crippen molar-refractivity contribution in [3.8, 4) is 17.0 Å². The summed E-state index contributed by atoms with van der Waals surface area (Å²) in [5.74, 6) is 1.40. The molecule has 7 heteroatoms. The van der Waals surface area contributed by atoms with Gasteiger partial charge in [-0.05, 0) is 50.5 Å². The highest BCUT2D eigenvalue weighted by molar-refractivity contribution is 5.94. The van der Waals surface area contributed by atoms with Crippen molar-refractivity contribution in [1.82, 2.24) is 10.1 Å². The van der Waals surface area contributed by atoms with Crippen LogP contribution in [0.5, 0.6) is 5.75 Å². The van der Waals surface area contributed by atoms with Crippen LogP contribution in [0, 0.1) is 0 Å². The van der Waals surface area contributed by atoms with Gasteiger partial charge in [0.2, 0.25) is 5.88 Å². The third-order valence-corrected chi connectivity index (χ3v) is 6.42. The second kappa shape index (κ2) is 11.2. The number of aromatic nitrogens is 1. The van der Waals surface area contributed by atoms with Crippen molar-refractivity contribution in [2.24, 2.45) is 0 Å². The van der Waals surface area contributed by atoms with Gasteiger partial charge in [-0.1, -0.05) is 35.5 Å². The molecule has 4 rings (SSSR count). The van der Waals surface area contributed by atoms with Crippen LogP contribution in [-0.2, 0) is 11.3 Å². The maximum absolute atomic E-state index is 13.5. The molecule has 0 aliphatic carbocycles. The van der Waals surface area contributed by atoms with Crippen LogP contribution < -0.4 is 9.64 Å². The summed E-state index contributed by atoms with van der Waals surface area (Å²) in [7, 11) is 3.26. The van der Waals surface area contributed by atoms with E-state index in [-0.39, 0.29) is 5.91 Å². The van der Waals surface area contributed by atoms with E-state index in [1.54, 1.807) is 38.5 Å². The Morgan fingerprint density at radius 3 is 2.56 bits per heavy atom. The fourth-order valence-corrected chi connectivity index (χ4v) is 4.45. The minimum absolute atomic E-state index is 0.0717. The van der Waals surface area contributed by atoms with Crippen LogP contribution in [0.1, 0.15) is 42.1 Å². The number of benzene rings is 2. The first-order chi connectivity index (χ1) is 16.6. The largest absolute Gasteiger partial charge is 0.497 e. The molecule has 1 fully saturated rings. The molecule has 0 saturated carbocycles. The Hall–Kier alpha value is -3.32. The van der Waals surface area contributed by atoms with Gasteiger partial charge in [-0.25, -0.2) is 0 Å². The number of amides is 1. The van der Waals surface area contributed by atoms with Gasteiger partial charge < -0.3 is 23.8 Å². The topological polar surface area (TPSA) is 68.0 Å². The van der Waals surface area contributed by atoms with Crippen LogP contribution >= 0.6 is 0 Å². The molecule has 1 aromatic heterocycles. The van der Waals surface area contributed by atoms with Gasteiger partial charge in [0.15, 0.2) is 0 Å². The zero-order valence-corrected chi connectivity index (χ0v) is 20.2. The summed E-state index contributed by atoms with van der Waals surface area (Å²) >= 11 is 0. The van der Waals surface area contributed by atoms with E-state index in [4.69, 9.17) is 14.0 Å². The third-order valence-electron chi connectivity index (χ3n) is 6.42. The summed E-state index contributed by atoms with van der Waals surface area (Å²) in [6.07, 6.45) is 3.44. The van der Waals surface area contributed by atoms with Crippen LogP contribution in [0.15, 0.2) is 59.1 Å². The Morgan fingerprint density at radius 2 is 1.88 bits per heavy atom. The lowest BCUT2D eigenvalue weighted by Gasteiger charge is -2.34. The average Bonchev–Trinajstić information content (AvgIpc) is 3.30. The van der Waals surface area contributed by atoms with Gasteiger partial charge in [0.05, 0.1) is 25.8 Å². The number of carbonyl (C=O) groups excluding carboxylic acids is 1. The number of methoxy groups -OCH3 is 2. The normalized spacial score (nSPS) is 15.9. The number of carbonyl (C=O) groups is 1. The molecule has 0 bridgehead atoms. The van der Waals surface area contributed by atoms with Crippen LogP contribution in [0.2, 0.25) is 0 Å². The van der Waals surface area contributed by atoms with E-state index in [2.05, 4.69) is 17.0 Å². The second-order valence-electron chi connectivity index (χ2n) is 8.67. The molecule has 1 aliphatic heterocycles. The fourth-order valence-electron chi connectivity index (χ4n) is 4.45. The molecule has 0 spiro atoms. The number of hydrogen-bond donors (Lipinski definition) is 0. The molecule has 0 radical (unpaired) electrons. The maximum atomic E-state index is 13.5. The Labute approximate surface area is 201 Å². The molecular weight excluding hydrogens is 430 g/mol. The van der Waals surface area contributed by atoms with Gasteiger partial charge in [-0.15, -0.1) is 0 Å². The Bertz CT molecular complexity index is 1070. The first-order valence-electron chi connectivity index (χ1n) is 11.8. The van der Waals surface area contributed by atoms with Crippen LogP contribution in [-0.4, -0.2) is 55.9 Å². The molecule has 3 aromatic rings. The minimum Gasteiger partial charge on any atom is -0.497 e. The number of hydrogen-bond acceptors (Lipinski definition) is 6. The SMILES string of the molecule is COCCN(Cc1c(-c2ccccc2)noc1N1CCCC[C@H]1C)C(=O)c1ccc(OC)cc1. The summed E-state index contributed by atoms with van der Waals surface area (Å²) in [6.45, 7) is 4.40. The molecule has 2 aromatic carbocycles. The Kier molecular flexibility index (Phi) is 7.85. The summed E-state index contributed by atoms with van der Waals surface area (Å²) in [5.41, 5.74) is 3.28. The lowest BCUT2D eigenvalue weighted by atomic mass is 10.0. The van der Waals surface area contributed by atoms with Crippen molar-refractivity contribution in [3.63, 3.8) is 0 Å². The van der Waals surface area contributed by atoms with Gasteiger partial charge in [0.25, 0.3) is 5.91 Å². The zero-order chi connectivity index (χ0) is 23.9. The van der Waals surface area contributed by atoms with Gasteiger partial charge in [0, 0.05) is 37.4 Å².